The summed E-state index contributed by atoms with van der Waals surface area (Å²) in [5.41, 5.74) is 2.21. The van der Waals surface area contributed by atoms with Crippen molar-refractivity contribution in [2.45, 2.75) is 51.7 Å². The third-order valence-electron chi connectivity index (χ3n) is 3.81. The molecule has 0 amide bonds. The molecule has 1 aromatic rings. The monoisotopic (exact) mass is 271 g/mol. The fourth-order valence-corrected chi connectivity index (χ4v) is 2.44. The molecule has 0 spiro atoms. The summed E-state index contributed by atoms with van der Waals surface area (Å²) < 4.78 is 0. The van der Waals surface area contributed by atoms with E-state index in [-0.39, 0.29) is 5.04 Å². The highest BCUT2D eigenvalue weighted by Gasteiger charge is 2.37. The van der Waals surface area contributed by atoms with Crippen LogP contribution in [-0.2, 0) is 6.42 Å². The van der Waals surface area contributed by atoms with Crippen LogP contribution in [0.1, 0.15) is 31.5 Å². The van der Waals surface area contributed by atoms with E-state index < -0.39 is 8.32 Å². The van der Waals surface area contributed by atoms with Crippen LogP contribution in [0.15, 0.2) is 12.1 Å². The lowest BCUT2D eigenvalue weighted by Crippen LogP contribution is -2.39. The molecule has 0 saturated carbocycles. The minimum absolute atomic E-state index is 0.0105. The standard InChI is InChI=1S/C13H22ClNOSi/c1-10-6-7-12(14)15-11(10)8-9-13(2,3)17(4,5)16/h6-7,16H,8-9H2,1-5H3. The zero-order chi connectivity index (χ0) is 13.3. The number of aryl methyl sites for hydroxylation is 2. The Balaban J connectivity index is 2.77. The predicted molar refractivity (Wildman–Crippen MR) is 76.0 cm³/mol. The van der Waals surface area contributed by atoms with E-state index in [0.29, 0.717) is 5.15 Å². The molecule has 1 aromatic heterocycles. The van der Waals surface area contributed by atoms with Crippen LogP contribution in [0, 0.1) is 6.92 Å². The molecule has 0 unspecified atom stereocenters. The predicted octanol–water partition coefficient (Wildman–Crippen LogP) is 3.95. The maximum absolute atomic E-state index is 10.2. The summed E-state index contributed by atoms with van der Waals surface area (Å²) >= 11 is 5.90. The third kappa shape index (κ3) is 3.80. The normalized spacial score (nSPS) is 12.9. The van der Waals surface area contributed by atoms with E-state index in [9.17, 15) is 4.80 Å². The summed E-state index contributed by atoms with van der Waals surface area (Å²) in [4.78, 5) is 14.6. The van der Waals surface area contributed by atoms with Crippen LogP contribution in [0.25, 0.3) is 0 Å². The minimum atomic E-state index is -2.13. The van der Waals surface area contributed by atoms with Gasteiger partial charge in [-0.15, -0.1) is 0 Å². The Bertz CT molecular complexity index is 399. The number of hydrogen-bond donors (Lipinski definition) is 1. The molecule has 0 fully saturated rings. The van der Waals surface area contributed by atoms with E-state index in [1.54, 1.807) is 0 Å². The minimum Gasteiger partial charge on any atom is -0.432 e. The van der Waals surface area contributed by atoms with Gasteiger partial charge >= 0.3 is 0 Å². The number of pyridine rings is 1. The van der Waals surface area contributed by atoms with E-state index in [1.165, 1.54) is 5.56 Å². The molecule has 1 heterocycles. The molecule has 0 aliphatic heterocycles. The lowest BCUT2D eigenvalue weighted by Gasteiger charge is -2.35. The Hall–Kier alpha value is -0.383. The van der Waals surface area contributed by atoms with Gasteiger partial charge in [0.05, 0.1) is 0 Å². The van der Waals surface area contributed by atoms with Gasteiger partial charge in [0.2, 0.25) is 0 Å². The molecule has 0 radical (unpaired) electrons. The smallest absolute Gasteiger partial charge is 0.188 e. The summed E-state index contributed by atoms with van der Waals surface area (Å²) in [6.45, 7) is 10.3. The Morgan fingerprint density at radius 2 is 1.94 bits per heavy atom. The number of rotatable bonds is 4. The van der Waals surface area contributed by atoms with Crippen LogP contribution in [-0.4, -0.2) is 18.1 Å². The van der Waals surface area contributed by atoms with Gasteiger partial charge in [0, 0.05) is 5.69 Å². The lowest BCUT2D eigenvalue weighted by molar-refractivity contribution is 0.450. The fraction of sp³-hybridized carbons (Fsp3) is 0.615. The Kier molecular flexibility index (Phi) is 4.39. The second kappa shape index (κ2) is 5.08. The SMILES string of the molecule is Cc1ccc(Cl)nc1CCC(C)(C)[Si](C)(C)O. The Morgan fingerprint density at radius 1 is 1.35 bits per heavy atom. The van der Waals surface area contributed by atoms with Crippen molar-refractivity contribution < 1.29 is 4.80 Å². The van der Waals surface area contributed by atoms with Gasteiger partial charge in [0.15, 0.2) is 8.32 Å². The number of nitrogens with zero attached hydrogens (tertiary/aromatic N) is 1. The second-order valence-corrected chi connectivity index (χ2v) is 10.7. The summed E-state index contributed by atoms with van der Waals surface area (Å²) in [6, 6.07) is 3.81. The molecule has 17 heavy (non-hydrogen) atoms. The highest BCUT2D eigenvalue weighted by Crippen LogP contribution is 2.39. The molecule has 4 heteroatoms. The molecule has 0 aromatic carbocycles. The maximum Gasteiger partial charge on any atom is 0.188 e. The molecule has 0 bridgehead atoms. The first-order chi connectivity index (χ1) is 7.63. The van der Waals surface area contributed by atoms with Gasteiger partial charge in [0.1, 0.15) is 5.15 Å². The lowest BCUT2D eigenvalue weighted by atomic mass is 10.0. The maximum atomic E-state index is 10.2. The van der Waals surface area contributed by atoms with Crippen molar-refractivity contribution in [3.05, 3.63) is 28.5 Å². The van der Waals surface area contributed by atoms with Crippen molar-refractivity contribution >= 4 is 19.9 Å². The molecule has 0 aliphatic carbocycles. The van der Waals surface area contributed by atoms with Gasteiger partial charge < -0.3 is 4.80 Å². The Labute approximate surface area is 110 Å². The van der Waals surface area contributed by atoms with Crippen molar-refractivity contribution in [3.8, 4) is 0 Å². The first-order valence-electron chi connectivity index (χ1n) is 5.98. The van der Waals surface area contributed by atoms with Crippen LogP contribution in [0.4, 0.5) is 0 Å². The van der Waals surface area contributed by atoms with Gasteiger partial charge in [-0.3, -0.25) is 0 Å². The fourth-order valence-electron chi connectivity index (χ4n) is 1.53. The summed E-state index contributed by atoms with van der Waals surface area (Å²) in [7, 11) is -2.13. The molecule has 96 valence electrons. The highest BCUT2D eigenvalue weighted by molar-refractivity contribution is 6.72. The summed E-state index contributed by atoms with van der Waals surface area (Å²) in [5, 5.41) is 0.535. The highest BCUT2D eigenvalue weighted by atomic mass is 35.5. The molecule has 0 aliphatic rings. The van der Waals surface area contributed by atoms with E-state index in [4.69, 9.17) is 11.6 Å². The molecule has 1 N–H and O–H groups in total. The molecular formula is C13H22ClNOSi. The largest absolute Gasteiger partial charge is 0.432 e. The van der Waals surface area contributed by atoms with Gasteiger partial charge in [-0.25, -0.2) is 4.98 Å². The van der Waals surface area contributed by atoms with Crippen molar-refractivity contribution in [2.75, 3.05) is 0 Å². The molecule has 0 saturated heterocycles. The third-order valence-corrected chi connectivity index (χ3v) is 7.58. The van der Waals surface area contributed by atoms with Crippen LogP contribution in [0.3, 0.4) is 0 Å². The van der Waals surface area contributed by atoms with Crippen LogP contribution in [0.5, 0.6) is 0 Å². The zero-order valence-corrected chi connectivity index (χ0v) is 13.1. The topological polar surface area (TPSA) is 33.1 Å². The molecular weight excluding hydrogens is 250 g/mol. The van der Waals surface area contributed by atoms with Gasteiger partial charge in [0.25, 0.3) is 0 Å². The molecule has 1 rings (SSSR count). The first-order valence-corrected chi connectivity index (χ1v) is 9.30. The Morgan fingerprint density at radius 3 is 2.47 bits per heavy atom. The quantitative estimate of drug-likeness (QED) is 0.664. The van der Waals surface area contributed by atoms with Crippen molar-refractivity contribution in [3.63, 3.8) is 0 Å². The average Bonchev–Trinajstić information content (AvgIpc) is 2.18. The van der Waals surface area contributed by atoms with Crippen LogP contribution in [0.2, 0.25) is 23.3 Å². The first kappa shape index (κ1) is 14.7. The molecule has 0 atom stereocenters. The van der Waals surface area contributed by atoms with E-state index in [1.807, 2.05) is 32.2 Å². The van der Waals surface area contributed by atoms with Gasteiger partial charge in [-0.05, 0) is 49.5 Å². The summed E-state index contributed by atoms with van der Waals surface area (Å²) in [5.74, 6) is 0. The number of hydrogen-bond acceptors (Lipinski definition) is 2. The van der Waals surface area contributed by atoms with Crippen molar-refractivity contribution in [2.24, 2.45) is 0 Å². The van der Waals surface area contributed by atoms with E-state index in [0.717, 1.165) is 18.5 Å². The zero-order valence-electron chi connectivity index (χ0n) is 11.3. The van der Waals surface area contributed by atoms with Crippen LogP contribution < -0.4 is 0 Å². The van der Waals surface area contributed by atoms with E-state index >= 15 is 0 Å². The van der Waals surface area contributed by atoms with E-state index in [2.05, 4.69) is 18.8 Å². The summed E-state index contributed by atoms with van der Waals surface area (Å²) in [6.07, 6.45) is 1.81. The van der Waals surface area contributed by atoms with Gasteiger partial charge in [-0.1, -0.05) is 31.5 Å². The van der Waals surface area contributed by atoms with Crippen molar-refractivity contribution in [1.29, 1.82) is 0 Å². The molecule has 2 nitrogen and oxygen atoms in total. The van der Waals surface area contributed by atoms with Crippen LogP contribution >= 0.6 is 11.6 Å². The van der Waals surface area contributed by atoms with Crippen molar-refractivity contribution in [1.82, 2.24) is 4.98 Å². The average molecular weight is 272 g/mol. The van der Waals surface area contributed by atoms with Gasteiger partial charge in [-0.2, -0.15) is 0 Å². The number of aromatic nitrogens is 1. The number of halogens is 1. The second-order valence-electron chi connectivity index (χ2n) is 5.84.